The number of carbonyl (C=O) groups is 1. The first-order chi connectivity index (χ1) is 6.08. The van der Waals surface area contributed by atoms with Crippen LogP contribution in [0.5, 0.6) is 0 Å². The molecule has 0 aliphatic rings. The summed E-state index contributed by atoms with van der Waals surface area (Å²) in [7, 11) is -0.505. The van der Waals surface area contributed by atoms with E-state index in [1.54, 1.807) is 0 Å². The Hall–Kier alpha value is -0.640. The number of esters is 1. The highest BCUT2D eigenvalue weighted by Crippen LogP contribution is 2.45. The zero-order valence-corrected chi connectivity index (χ0v) is 8.58. The van der Waals surface area contributed by atoms with E-state index in [4.69, 9.17) is 0 Å². The molecular formula is C7H13O5P. The Morgan fingerprint density at radius 3 is 2.38 bits per heavy atom. The van der Waals surface area contributed by atoms with Crippen LogP contribution in [0.25, 0.3) is 0 Å². The molecule has 0 aliphatic carbocycles. The standard InChI is InChI=1S/C7H13O5P/c1-4-7(8)12-5-6-13(9,10-2)11-3/h4H,1,5-6H2,2-3H3. The largest absolute Gasteiger partial charge is 0.462 e. The SMILES string of the molecule is C=CC(=O)OCCP(=O)(OC)OC. The molecule has 0 heterocycles. The Balaban J connectivity index is 3.81. The van der Waals surface area contributed by atoms with Crippen molar-refractivity contribution in [2.24, 2.45) is 0 Å². The quantitative estimate of drug-likeness (QED) is 0.373. The molecule has 0 amide bonds. The minimum atomic E-state index is -3.06. The van der Waals surface area contributed by atoms with Gasteiger partial charge in [0.2, 0.25) is 0 Å². The molecule has 0 rings (SSSR count). The molecule has 13 heavy (non-hydrogen) atoms. The van der Waals surface area contributed by atoms with Gasteiger partial charge in [0.25, 0.3) is 0 Å². The summed E-state index contributed by atoms with van der Waals surface area (Å²) < 4.78 is 25.2. The monoisotopic (exact) mass is 208 g/mol. The molecule has 0 atom stereocenters. The van der Waals surface area contributed by atoms with Crippen LogP contribution in [0, 0.1) is 0 Å². The lowest BCUT2D eigenvalue weighted by atomic mass is 10.6. The maximum absolute atomic E-state index is 11.4. The van der Waals surface area contributed by atoms with Crippen LogP contribution >= 0.6 is 7.60 Å². The van der Waals surface area contributed by atoms with E-state index in [0.717, 1.165) is 6.08 Å². The normalized spacial score (nSPS) is 10.9. The van der Waals surface area contributed by atoms with Gasteiger partial charge in [-0.1, -0.05) is 6.58 Å². The average Bonchev–Trinajstić information content (AvgIpc) is 2.17. The van der Waals surface area contributed by atoms with Crippen LogP contribution in [0.1, 0.15) is 0 Å². The third-order valence-corrected chi connectivity index (χ3v) is 3.18. The van der Waals surface area contributed by atoms with Gasteiger partial charge in [-0.05, 0) is 0 Å². The summed E-state index contributed by atoms with van der Waals surface area (Å²) in [5, 5.41) is 0. The molecule has 0 N–H and O–H groups in total. The maximum Gasteiger partial charge on any atom is 0.333 e. The van der Waals surface area contributed by atoms with Gasteiger partial charge in [-0.2, -0.15) is 0 Å². The second-order valence-corrected chi connectivity index (χ2v) is 4.47. The van der Waals surface area contributed by atoms with Gasteiger partial charge >= 0.3 is 13.6 Å². The number of ether oxygens (including phenoxy) is 1. The molecule has 0 aromatic carbocycles. The molecule has 0 radical (unpaired) electrons. The molecule has 0 spiro atoms. The third-order valence-electron chi connectivity index (χ3n) is 1.33. The first kappa shape index (κ1) is 12.4. The van der Waals surface area contributed by atoms with E-state index in [1.807, 2.05) is 0 Å². The Bertz CT molecular complexity index is 217. The molecule has 0 unspecified atom stereocenters. The van der Waals surface area contributed by atoms with Crippen molar-refractivity contribution in [1.29, 1.82) is 0 Å². The number of carbonyl (C=O) groups excluding carboxylic acids is 1. The summed E-state index contributed by atoms with van der Waals surface area (Å²) in [6.07, 6.45) is 1.07. The Labute approximate surface area is 77.2 Å². The minimum absolute atomic E-state index is 0.0101. The van der Waals surface area contributed by atoms with Crippen LogP contribution in [0.4, 0.5) is 0 Å². The van der Waals surface area contributed by atoms with E-state index >= 15 is 0 Å². The molecule has 0 saturated heterocycles. The Morgan fingerprint density at radius 1 is 1.46 bits per heavy atom. The topological polar surface area (TPSA) is 61.8 Å². The van der Waals surface area contributed by atoms with Crippen LogP contribution in [0.3, 0.4) is 0 Å². The third kappa shape index (κ3) is 4.83. The van der Waals surface area contributed by atoms with E-state index < -0.39 is 13.6 Å². The fourth-order valence-electron chi connectivity index (χ4n) is 0.574. The number of hydrogen-bond acceptors (Lipinski definition) is 5. The van der Waals surface area contributed by atoms with Crippen molar-refractivity contribution in [3.63, 3.8) is 0 Å². The van der Waals surface area contributed by atoms with Crippen molar-refractivity contribution in [3.05, 3.63) is 12.7 Å². The van der Waals surface area contributed by atoms with Crippen molar-refractivity contribution < 1.29 is 23.1 Å². The highest BCUT2D eigenvalue weighted by molar-refractivity contribution is 7.53. The van der Waals surface area contributed by atoms with Gasteiger partial charge in [0, 0.05) is 20.3 Å². The molecule has 0 saturated carbocycles. The molecule has 76 valence electrons. The van der Waals surface area contributed by atoms with Gasteiger partial charge in [0.1, 0.15) is 6.61 Å². The number of rotatable bonds is 6. The van der Waals surface area contributed by atoms with E-state index in [9.17, 15) is 9.36 Å². The van der Waals surface area contributed by atoms with Crippen molar-refractivity contribution in [2.75, 3.05) is 27.0 Å². The van der Waals surface area contributed by atoms with E-state index in [-0.39, 0.29) is 12.8 Å². The summed E-state index contributed by atoms with van der Waals surface area (Å²) in [6.45, 7) is 3.20. The predicted molar refractivity (Wildman–Crippen MR) is 47.6 cm³/mol. The summed E-state index contributed by atoms with van der Waals surface area (Å²) in [5.41, 5.74) is 0. The van der Waals surface area contributed by atoms with Gasteiger partial charge in [-0.3, -0.25) is 4.57 Å². The van der Waals surface area contributed by atoms with E-state index in [2.05, 4.69) is 20.4 Å². The van der Waals surface area contributed by atoms with Gasteiger partial charge in [-0.25, -0.2) is 4.79 Å². The summed E-state index contributed by atoms with van der Waals surface area (Å²) in [6, 6.07) is 0. The van der Waals surface area contributed by atoms with Gasteiger partial charge in [0.15, 0.2) is 0 Å². The molecule has 0 aliphatic heterocycles. The van der Waals surface area contributed by atoms with Crippen molar-refractivity contribution >= 4 is 13.6 Å². The highest BCUT2D eigenvalue weighted by Gasteiger charge is 2.20. The zero-order chi connectivity index (χ0) is 10.3. The highest BCUT2D eigenvalue weighted by atomic mass is 31.2. The molecular weight excluding hydrogens is 195 g/mol. The molecule has 0 aromatic rings. The van der Waals surface area contributed by atoms with Gasteiger partial charge < -0.3 is 13.8 Å². The number of hydrogen-bond donors (Lipinski definition) is 0. The van der Waals surface area contributed by atoms with Crippen molar-refractivity contribution in [1.82, 2.24) is 0 Å². The minimum Gasteiger partial charge on any atom is -0.462 e. The second-order valence-electron chi connectivity index (χ2n) is 2.07. The molecule has 5 nitrogen and oxygen atoms in total. The van der Waals surface area contributed by atoms with Crippen LogP contribution in [-0.2, 0) is 23.1 Å². The molecule has 0 aromatic heterocycles. The second kappa shape index (κ2) is 5.91. The lowest BCUT2D eigenvalue weighted by molar-refractivity contribution is -0.137. The van der Waals surface area contributed by atoms with Crippen LogP contribution in [0.15, 0.2) is 12.7 Å². The fourth-order valence-corrected chi connectivity index (χ4v) is 1.40. The zero-order valence-electron chi connectivity index (χ0n) is 7.69. The van der Waals surface area contributed by atoms with E-state index in [0.29, 0.717) is 0 Å². The Kier molecular flexibility index (Phi) is 5.62. The first-order valence-electron chi connectivity index (χ1n) is 3.57. The Morgan fingerprint density at radius 2 is 2.00 bits per heavy atom. The van der Waals surface area contributed by atoms with Gasteiger partial charge in [-0.15, -0.1) is 0 Å². The lowest BCUT2D eigenvalue weighted by Crippen LogP contribution is -2.07. The maximum atomic E-state index is 11.4. The van der Waals surface area contributed by atoms with Gasteiger partial charge in [0.05, 0.1) is 6.16 Å². The predicted octanol–water partition coefficient (Wildman–Crippen LogP) is 1.20. The van der Waals surface area contributed by atoms with Crippen molar-refractivity contribution in [3.8, 4) is 0 Å². The first-order valence-corrected chi connectivity index (χ1v) is 5.30. The van der Waals surface area contributed by atoms with Crippen LogP contribution in [-0.4, -0.2) is 33.0 Å². The van der Waals surface area contributed by atoms with E-state index in [1.165, 1.54) is 14.2 Å². The summed E-state index contributed by atoms with van der Waals surface area (Å²) in [4.78, 5) is 10.6. The summed E-state index contributed by atoms with van der Waals surface area (Å²) >= 11 is 0. The smallest absolute Gasteiger partial charge is 0.333 e. The van der Waals surface area contributed by atoms with Crippen LogP contribution in [0.2, 0.25) is 0 Å². The average molecular weight is 208 g/mol. The fraction of sp³-hybridized carbons (Fsp3) is 0.571. The van der Waals surface area contributed by atoms with Crippen LogP contribution < -0.4 is 0 Å². The van der Waals surface area contributed by atoms with Crippen molar-refractivity contribution in [2.45, 2.75) is 0 Å². The molecule has 0 bridgehead atoms. The lowest BCUT2D eigenvalue weighted by Gasteiger charge is -2.12. The molecule has 6 heteroatoms. The summed E-state index contributed by atoms with van der Waals surface area (Å²) in [5.74, 6) is -0.557. The molecule has 0 fully saturated rings.